The van der Waals surface area contributed by atoms with Crippen molar-refractivity contribution in [1.82, 2.24) is 10.2 Å². The second-order valence-electron chi connectivity index (χ2n) is 4.37. The fourth-order valence-corrected chi connectivity index (χ4v) is 1.05. The zero-order chi connectivity index (χ0) is 11.4. The third kappa shape index (κ3) is 4.24. The van der Waals surface area contributed by atoms with E-state index in [4.69, 9.17) is 5.26 Å². The first-order valence-corrected chi connectivity index (χ1v) is 4.66. The fourth-order valence-electron chi connectivity index (χ4n) is 1.05. The van der Waals surface area contributed by atoms with E-state index in [1.54, 1.807) is 13.8 Å². The number of rotatable bonds is 4. The predicted octanol–water partition coefficient (Wildman–Crippen LogP) is 0.602. The molecular formula is C10H19N3O. The van der Waals surface area contributed by atoms with Gasteiger partial charge in [-0.1, -0.05) is 0 Å². The summed E-state index contributed by atoms with van der Waals surface area (Å²) in [6.07, 6.45) is 0. The molecular weight excluding hydrogens is 178 g/mol. The van der Waals surface area contributed by atoms with Gasteiger partial charge >= 0.3 is 0 Å². The highest BCUT2D eigenvalue weighted by Crippen LogP contribution is 2.12. The van der Waals surface area contributed by atoms with Crippen molar-refractivity contribution in [3.8, 4) is 6.07 Å². The Labute approximate surface area is 85.9 Å². The van der Waals surface area contributed by atoms with E-state index in [2.05, 4.69) is 5.32 Å². The Balaban J connectivity index is 4.15. The quantitative estimate of drug-likeness (QED) is 0.718. The Bertz CT molecular complexity index is 240. The van der Waals surface area contributed by atoms with Crippen molar-refractivity contribution in [2.24, 2.45) is 5.41 Å². The van der Waals surface area contributed by atoms with E-state index in [9.17, 15) is 4.79 Å². The van der Waals surface area contributed by atoms with Gasteiger partial charge in [0.15, 0.2) is 0 Å². The van der Waals surface area contributed by atoms with Crippen molar-refractivity contribution in [3.05, 3.63) is 0 Å². The molecule has 0 spiro atoms. The molecule has 1 unspecified atom stereocenters. The zero-order valence-corrected chi connectivity index (χ0v) is 9.59. The average molecular weight is 197 g/mol. The van der Waals surface area contributed by atoms with Gasteiger partial charge in [0.05, 0.1) is 6.07 Å². The van der Waals surface area contributed by atoms with Gasteiger partial charge in [-0.25, -0.2) is 0 Å². The van der Waals surface area contributed by atoms with Crippen LogP contribution in [-0.2, 0) is 4.79 Å². The second-order valence-corrected chi connectivity index (χ2v) is 4.37. The molecule has 0 heterocycles. The van der Waals surface area contributed by atoms with Crippen LogP contribution in [0.3, 0.4) is 0 Å². The minimum absolute atomic E-state index is 0.0603. The summed E-state index contributed by atoms with van der Waals surface area (Å²) >= 11 is 0. The summed E-state index contributed by atoms with van der Waals surface area (Å²) < 4.78 is 0. The molecule has 80 valence electrons. The highest BCUT2D eigenvalue weighted by Gasteiger charge is 2.27. The van der Waals surface area contributed by atoms with Crippen LogP contribution >= 0.6 is 0 Å². The van der Waals surface area contributed by atoms with Gasteiger partial charge in [-0.05, 0) is 34.9 Å². The van der Waals surface area contributed by atoms with E-state index in [0.29, 0.717) is 0 Å². The Morgan fingerprint density at radius 2 is 2.07 bits per heavy atom. The number of amides is 1. The number of hydrogen-bond donors (Lipinski definition) is 1. The van der Waals surface area contributed by atoms with Crippen LogP contribution in [0.15, 0.2) is 0 Å². The Morgan fingerprint density at radius 3 is 2.43 bits per heavy atom. The van der Waals surface area contributed by atoms with Gasteiger partial charge in [-0.3, -0.25) is 4.79 Å². The van der Waals surface area contributed by atoms with Crippen molar-refractivity contribution in [2.45, 2.75) is 26.8 Å². The largest absolute Gasteiger partial charge is 0.351 e. The molecule has 0 bridgehead atoms. The van der Waals surface area contributed by atoms with E-state index in [0.717, 1.165) is 6.54 Å². The first kappa shape index (κ1) is 12.9. The summed E-state index contributed by atoms with van der Waals surface area (Å²) in [5, 5.41) is 11.5. The van der Waals surface area contributed by atoms with Gasteiger partial charge in [0.2, 0.25) is 5.91 Å². The molecule has 0 saturated heterocycles. The lowest BCUT2D eigenvalue weighted by atomic mass is 9.94. The third-order valence-corrected chi connectivity index (χ3v) is 1.86. The lowest BCUT2D eigenvalue weighted by Gasteiger charge is -2.22. The highest BCUT2D eigenvalue weighted by molar-refractivity contribution is 5.84. The molecule has 0 saturated carbocycles. The van der Waals surface area contributed by atoms with Gasteiger partial charge in [-0.15, -0.1) is 0 Å². The van der Waals surface area contributed by atoms with Crippen LogP contribution in [0.25, 0.3) is 0 Å². The maximum Gasteiger partial charge on any atom is 0.240 e. The molecule has 1 amide bonds. The Hall–Kier alpha value is -1.08. The summed E-state index contributed by atoms with van der Waals surface area (Å²) in [6.45, 7) is 5.92. The molecule has 0 aromatic heterocycles. The number of nitrogens with zero attached hydrogens (tertiary/aromatic N) is 2. The first-order valence-electron chi connectivity index (χ1n) is 4.66. The van der Waals surface area contributed by atoms with Gasteiger partial charge in [-0.2, -0.15) is 5.26 Å². The van der Waals surface area contributed by atoms with E-state index < -0.39 is 5.41 Å². The minimum atomic E-state index is -0.944. The van der Waals surface area contributed by atoms with E-state index in [1.807, 2.05) is 32.0 Å². The molecule has 4 nitrogen and oxygen atoms in total. The number of nitrogens with one attached hydrogen (secondary N) is 1. The molecule has 0 aromatic rings. The molecule has 1 N–H and O–H groups in total. The Kier molecular flexibility index (Phi) is 4.58. The minimum Gasteiger partial charge on any atom is -0.351 e. The summed E-state index contributed by atoms with van der Waals surface area (Å²) in [5.74, 6) is -0.214. The van der Waals surface area contributed by atoms with Crippen molar-refractivity contribution in [1.29, 1.82) is 5.26 Å². The van der Waals surface area contributed by atoms with Crippen molar-refractivity contribution in [3.63, 3.8) is 0 Å². The van der Waals surface area contributed by atoms with Crippen LogP contribution in [0, 0.1) is 16.7 Å². The van der Waals surface area contributed by atoms with Crippen LogP contribution in [-0.4, -0.2) is 37.5 Å². The molecule has 4 heteroatoms. The predicted molar refractivity (Wildman–Crippen MR) is 55.6 cm³/mol. The normalized spacial score (nSPS) is 13.5. The molecule has 0 aliphatic heterocycles. The number of hydrogen-bond acceptors (Lipinski definition) is 3. The SMILES string of the molecule is CC(CN(C)C)NC(=O)C(C)(C)C#N. The van der Waals surface area contributed by atoms with Crippen molar-refractivity contribution >= 4 is 5.91 Å². The fraction of sp³-hybridized carbons (Fsp3) is 0.800. The summed E-state index contributed by atoms with van der Waals surface area (Å²) in [6, 6.07) is 2.03. The molecule has 0 aromatic carbocycles. The van der Waals surface area contributed by atoms with Gasteiger partial charge in [0.1, 0.15) is 5.41 Å². The number of nitriles is 1. The smallest absolute Gasteiger partial charge is 0.240 e. The molecule has 0 rings (SSSR count). The van der Waals surface area contributed by atoms with Gasteiger partial charge in [0, 0.05) is 12.6 Å². The summed E-state index contributed by atoms with van der Waals surface area (Å²) in [5.41, 5.74) is -0.944. The van der Waals surface area contributed by atoms with Gasteiger partial charge < -0.3 is 10.2 Å². The van der Waals surface area contributed by atoms with Crippen LogP contribution in [0.4, 0.5) is 0 Å². The van der Waals surface area contributed by atoms with Crippen LogP contribution in [0.2, 0.25) is 0 Å². The highest BCUT2D eigenvalue weighted by atomic mass is 16.2. The number of likely N-dealkylation sites (N-methyl/N-ethyl adjacent to an activating group) is 1. The van der Waals surface area contributed by atoms with Crippen molar-refractivity contribution in [2.75, 3.05) is 20.6 Å². The topological polar surface area (TPSA) is 56.1 Å². The molecule has 0 radical (unpaired) electrons. The van der Waals surface area contributed by atoms with E-state index in [1.165, 1.54) is 0 Å². The monoisotopic (exact) mass is 197 g/mol. The summed E-state index contributed by atoms with van der Waals surface area (Å²) in [4.78, 5) is 13.5. The third-order valence-electron chi connectivity index (χ3n) is 1.86. The first-order chi connectivity index (χ1) is 6.29. The Morgan fingerprint density at radius 1 is 1.57 bits per heavy atom. The van der Waals surface area contributed by atoms with Crippen LogP contribution in [0.5, 0.6) is 0 Å². The van der Waals surface area contributed by atoms with Gasteiger partial charge in [0.25, 0.3) is 0 Å². The maximum absolute atomic E-state index is 11.5. The molecule has 1 atom stereocenters. The number of carbonyl (C=O) groups is 1. The molecule has 0 aliphatic carbocycles. The lowest BCUT2D eigenvalue weighted by molar-refractivity contribution is -0.127. The lowest BCUT2D eigenvalue weighted by Crippen LogP contribution is -2.45. The maximum atomic E-state index is 11.5. The van der Waals surface area contributed by atoms with Crippen molar-refractivity contribution < 1.29 is 4.79 Å². The zero-order valence-electron chi connectivity index (χ0n) is 9.59. The molecule has 0 fully saturated rings. The molecule has 0 aliphatic rings. The standard InChI is InChI=1S/C10H19N3O/c1-8(6-13(4)5)12-9(14)10(2,3)7-11/h8H,6H2,1-5H3,(H,12,14). The number of carbonyl (C=O) groups excluding carboxylic acids is 1. The van der Waals surface area contributed by atoms with E-state index in [-0.39, 0.29) is 11.9 Å². The summed E-state index contributed by atoms with van der Waals surface area (Å²) in [7, 11) is 3.89. The molecule has 14 heavy (non-hydrogen) atoms. The second kappa shape index (κ2) is 4.97. The van der Waals surface area contributed by atoms with E-state index >= 15 is 0 Å². The van der Waals surface area contributed by atoms with Crippen LogP contribution in [0.1, 0.15) is 20.8 Å². The average Bonchev–Trinajstić information content (AvgIpc) is 2.02. The van der Waals surface area contributed by atoms with Crippen LogP contribution < -0.4 is 5.32 Å².